The fourth-order valence-electron chi connectivity index (χ4n) is 1.82. The lowest BCUT2D eigenvalue weighted by atomic mass is 10.2. The minimum Gasteiger partial charge on any atom is -0.493 e. The summed E-state index contributed by atoms with van der Waals surface area (Å²) in [5.74, 6) is 1.61. The number of methoxy groups -OCH3 is 1. The quantitative estimate of drug-likeness (QED) is 0.841. The van der Waals surface area contributed by atoms with E-state index in [2.05, 4.69) is 35.1 Å². The van der Waals surface area contributed by atoms with Crippen LogP contribution in [0, 0.1) is 0 Å². The Hall–Kier alpha value is -1.52. The summed E-state index contributed by atoms with van der Waals surface area (Å²) in [5.41, 5.74) is 2.31. The van der Waals surface area contributed by atoms with Gasteiger partial charge in [0.05, 0.1) is 7.11 Å². The van der Waals surface area contributed by atoms with Gasteiger partial charge in [0, 0.05) is 12.1 Å². The first-order valence-corrected chi connectivity index (χ1v) is 7.30. The molecule has 0 aliphatic carbocycles. The van der Waals surface area contributed by atoms with Crippen LogP contribution in [-0.4, -0.2) is 13.7 Å². The summed E-state index contributed by atoms with van der Waals surface area (Å²) < 4.78 is 11.3. The van der Waals surface area contributed by atoms with Crippen molar-refractivity contribution in [3.63, 3.8) is 0 Å². The average Bonchev–Trinajstić information content (AvgIpc) is 2.96. The van der Waals surface area contributed by atoms with Crippen molar-refractivity contribution < 1.29 is 9.47 Å². The van der Waals surface area contributed by atoms with Crippen molar-refractivity contribution in [2.75, 3.05) is 13.7 Å². The Labute approximate surface area is 118 Å². The van der Waals surface area contributed by atoms with Crippen LogP contribution >= 0.6 is 11.3 Å². The van der Waals surface area contributed by atoms with Crippen LogP contribution in [0.25, 0.3) is 0 Å². The van der Waals surface area contributed by atoms with Crippen molar-refractivity contribution in [1.29, 1.82) is 0 Å². The Morgan fingerprint density at radius 3 is 2.84 bits per heavy atom. The molecule has 0 aliphatic rings. The molecule has 1 heterocycles. The number of rotatable bonds is 7. The zero-order chi connectivity index (χ0) is 13.5. The molecular formula is C15H19NO2S. The highest BCUT2D eigenvalue weighted by Crippen LogP contribution is 2.31. The molecule has 0 saturated carbocycles. The molecule has 19 heavy (non-hydrogen) atoms. The largest absolute Gasteiger partial charge is 0.493 e. The highest BCUT2D eigenvalue weighted by molar-refractivity contribution is 7.07. The van der Waals surface area contributed by atoms with Crippen LogP contribution in [0.2, 0.25) is 0 Å². The lowest BCUT2D eigenvalue weighted by Crippen LogP contribution is -2.13. The summed E-state index contributed by atoms with van der Waals surface area (Å²) >= 11 is 1.68. The molecule has 0 unspecified atom stereocenters. The van der Waals surface area contributed by atoms with E-state index >= 15 is 0 Å². The van der Waals surface area contributed by atoms with Gasteiger partial charge in [-0.3, -0.25) is 0 Å². The highest BCUT2D eigenvalue weighted by atomic mass is 32.1. The van der Waals surface area contributed by atoms with Crippen molar-refractivity contribution in [3.05, 3.63) is 46.2 Å². The number of hydrogen-bond donors (Lipinski definition) is 1. The smallest absolute Gasteiger partial charge is 0.166 e. The summed E-state index contributed by atoms with van der Waals surface area (Å²) in [4.78, 5) is 0. The zero-order valence-electron chi connectivity index (χ0n) is 11.3. The maximum Gasteiger partial charge on any atom is 0.166 e. The summed E-state index contributed by atoms with van der Waals surface area (Å²) in [5, 5.41) is 7.47. The molecular weight excluding hydrogens is 258 g/mol. The van der Waals surface area contributed by atoms with Gasteiger partial charge < -0.3 is 14.8 Å². The number of para-hydroxylation sites is 1. The maximum atomic E-state index is 5.94. The first-order chi connectivity index (χ1) is 9.35. The van der Waals surface area contributed by atoms with Crippen molar-refractivity contribution >= 4 is 11.3 Å². The number of nitrogens with one attached hydrogen (secondary N) is 1. The third-order valence-electron chi connectivity index (χ3n) is 2.81. The van der Waals surface area contributed by atoms with Gasteiger partial charge in [-0.05, 0) is 35.0 Å². The summed E-state index contributed by atoms with van der Waals surface area (Å²) in [6, 6.07) is 8.06. The van der Waals surface area contributed by atoms with Crippen molar-refractivity contribution in [2.24, 2.45) is 0 Å². The van der Waals surface area contributed by atoms with E-state index in [0.717, 1.165) is 30.2 Å². The van der Waals surface area contributed by atoms with Crippen LogP contribution in [0.15, 0.2) is 35.0 Å². The predicted octanol–water partition coefficient (Wildman–Crippen LogP) is 3.45. The van der Waals surface area contributed by atoms with Gasteiger partial charge in [-0.2, -0.15) is 11.3 Å². The lowest BCUT2D eigenvalue weighted by molar-refractivity contribution is 0.281. The summed E-state index contributed by atoms with van der Waals surface area (Å²) in [6.07, 6.45) is 0. The average molecular weight is 277 g/mol. The topological polar surface area (TPSA) is 30.5 Å². The monoisotopic (exact) mass is 277 g/mol. The maximum absolute atomic E-state index is 5.94. The summed E-state index contributed by atoms with van der Waals surface area (Å²) in [6.45, 7) is 4.38. The molecule has 0 fully saturated rings. The molecule has 2 aromatic rings. The minimum absolute atomic E-state index is 0.572. The Balaban J connectivity index is 2.14. The van der Waals surface area contributed by atoms with E-state index in [1.807, 2.05) is 12.1 Å². The molecule has 0 amide bonds. The van der Waals surface area contributed by atoms with Crippen molar-refractivity contribution in [1.82, 2.24) is 5.32 Å². The third kappa shape index (κ3) is 3.72. The molecule has 0 aliphatic heterocycles. The van der Waals surface area contributed by atoms with E-state index in [1.54, 1.807) is 18.4 Å². The normalized spacial score (nSPS) is 10.4. The predicted molar refractivity (Wildman–Crippen MR) is 79.0 cm³/mol. The fourth-order valence-corrected chi connectivity index (χ4v) is 2.47. The standard InChI is InChI=1S/C15H19NO2S/c1-3-16-9-13-5-4-6-14(17-2)15(13)18-10-12-7-8-19-11-12/h4-8,11,16H,3,9-10H2,1-2H3. The first kappa shape index (κ1) is 13.9. The van der Waals surface area contributed by atoms with Gasteiger partial charge in [-0.15, -0.1) is 0 Å². The molecule has 102 valence electrons. The molecule has 1 N–H and O–H groups in total. The van der Waals surface area contributed by atoms with Crippen LogP contribution in [0.1, 0.15) is 18.1 Å². The zero-order valence-corrected chi connectivity index (χ0v) is 12.1. The van der Waals surface area contributed by atoms with Crippen LogP contribution in [0.4, 0.5) is 0 Å². The second-order valence-corrected chi connectivity index (χ2v) is 4.93. The van der Waals surface area contributed by atoms with Crippen LogP contribution < -0.4 is 14.8 Å². The lowest BCUT2D eigenvalue weighted by Gasteiger charge is -2.15. The third-order valence-corrected chi connectivity index (χ3v) is 3.54. The number of hydrogen-bond acceptors (Lipinski definition) is 4. The van der Waals surface area contributed by atoms with Crippen molar-refractivity contribution in [3.8, 4) is 11.5 Å². The molecule has 2 rings (SSSR count). The van der Waals surface area contributed by atoms with Gasteiger partial charge >= 0.3 is 0 Å². The summed E-state index contributed by atoms with van der Waals surface area (Å²) in [7, 11) is 1.67. The Morgan fingerprint density at radius 2 is 2.16 bits per heavy atom. The molecule has 0 bridgehead atoms. The van der Waals surface area contributed by atoms with E-state index in [-0.39, 0.29) is 0 Å². The molecule has 0 atom stereocenters. The van der Waals surface area contributed by atoms with E-state index in [1.165, 1.54) is 5.56 Å². The molecule has 0 radical (unpaired) electrons. The SMILES string of the molecule is CCNCc1cccc(OC)c1OCc1ccsc1. The van der Waals surface area contributed by atoms with E-state index < -0.39 is 0 Å². The Morgan fingerprint density at radius 1 is 1.26 bits per heavy atom. The minimum atomic E-state index is 0.572. The molecule has 0 spiro atoms. The molecule has 3 nitrogen and oxygen atoms in total. The fraction of sp³-hybridized carbons (Fsp3) is 0.333. The van der Waals surface area contributed by atoms with Gasteiger partial charge in [-0.1, -0.05) is 19.1 Å². The van der Waals surface area contributed by atoms with E-state index in [0.29, 0.717) is 6.61 Å². The molecule has 4 heteroatoms. The van der Waals surface area contributed by atoms with Crippen LogP contribution in [-0.2, 0) is 13.2 Å². The van der Waals surface area contributed by atoms with Gasteiger partial charge in [0.25, 0.3) is 0 Å². The van der Waals surface area contributed by atoms with E-state index in [9.17, 15) is 0 Å². The van der Waals surface area contributed by atoms with Gasteiger partial charge in [0.2, 0.25) is 0 Å². The Bertz CT molecular complexity index is 497. The van der Waals surface area contributed by atoms with Gasteiger partial charge in [-0.25, -0.2) is 0 Å². The van der Waals surface area contributed by atoms with Gasteiger partial charge in [0.15, 0.2) is 11.5 Å². The highest BCUT2D eigenvalue weighted by Gasteiger charge is 2.10. The second kappa shape index (κ2) is 7.16. The second-order valence-electron chi connectivity index (χ2n) is 4.15. The molecule has 1 aromatic carbocycles. The van der Waals surface area contributed by atoms with Crippen LogP contribution in [0.3, 0.4) is 0 Å². The Kier molecular flexibility index (Phi) is 5.24. The number of ether oxygens (including phenoxy) is 2. The van der Waals surface area contributed by atoms with Crippen molar-refractivity contribution in [2.45, 2.75) is 20.1 Å². The number of benzene rings is 1. The van der Waals surface area contributed by atoms with Gasteiger partial charge in [0.1, 0.15) is 6.61 Å². The molecule has 1 aromatic heterocycles. The first-order valence-electron chi connectivity index (χ1n) is 6.35. The van der Waals surface area contributed by atoms with Crippen LogP contribution in [0.5, 0.6) is 11.5 Å². The number of thiophene rings is 1. The van der Waals surface area contributed by atoms with E-state index in [4.69, 9.17) is 9.47 Å². The molecule has 0 saturated heterocycles.